The molecule has 0 atom stereocenters. The van der Waals surface area contributed by atoms with Crippen LogP contribution in [-0.2, 0) is 6.42 Å². The Balaban J connectivity index is 0.000000198. The standard InChI is InChI=1S/C21H15N3OS.C7H9N5O/c1-2-18-19(16-6-4-3-5-7-16)20(25)24-17(14-26-21(24)23-18)9-8-15-10-12-22-13-11-15;8-5-4(6(9)13)7-10-2-1-3-12(7)11-5/h3-7,10-14H,2H2,1H3;1,3,10H,2H2,(H2,8,11)(H2,9,13). The molecule has 10 nitrogen and oxygen atoms in total. The zero-order chi connectivity index (χ0) is 27.4. The first-order valence-corrected chi connectivity index (χ1v) is 12.9. The van der Waals surface area contributed by atoms with E-state index in [0.717, 1.165) is 16.8 Å². The van der Waals surface area contributed by atoms with Crippen LogP contribution in [0.1, 0.15) is 34.2 Å². The maximum atomic E-state index is 13.3. The first kappa shape index (κ1) is 25.4. The monoisotopic (exact) mass is 536 g/mol. The average Bonchev–Trinajstić information content (AvgIpc) is 3.53. The van der Waals surface area contributed by atoms with Crippen molar-refractivity contribution < 1.29 is 4.79 Å². The smallest absolute Gasteiger partial charge is 0.267 e. The molecule has 5 aromatic rings. The van der Waals surface area contributed by atoms with Crippen LogP contribution in [0.3, 0.4) is 0 Å². The Kier molecular flexibility index (Phi) is 7.20. The van der Waals surface area contributed by atoms with Gasteiger partial charge in [0.2, 0.25) is 0 Å². The zero-order valence-electron chi connectivity index (χ0n) is 21.0. The number of hydrogen-bond donors (Lipinski definition) is 3. The highest BCUT2D eigenvalue weighted by molar-refractivity contribution is 7.15. The van der Waals surface area contributed by atoms with Crippen LogP contribution < -0.4 is 22.3 Å². The van der Waals surface area contributed by atoms with Gasteiger partial charge in [0.15, 0.2) is 10.8 Å². The van der Waals surface area contributed by atoms with Crippen molar-refractivity contribution in [1.82, 2.24) is 24.1 Å². The molecule has 0 aliphatic carbocycles. The minimum Gasteiger partial charge on any atom is -0.381 e. The Hall–Kier alpha value is -5.21. The number of aromatic nitrogens is 5. The molecule has 0 bridgehead atoms. The largest absolute Gasteiger partial charge is 0.381 e. The summed E-state index contributed by atoms with van der Waals surface area (Å²) in [5.41, 5.74) is 14.7. The van der Waals surface area contributed by atoms with Gasteiger partial charge in [0.25, 0.3) is 11.5 Å². The number of fused-ring (bicyclic) bond motifs is 2. The third kappa shape index (κ3) is 5.14. The summed E-state index contributed by atoms with van der Waals surface area (Å²) in [5.74, 6) is 6.33. The summed E-state index contributed by atoms with van der Waals surface area (Å²) in [5, 5.41) is 8.76. The Bertz CT molecular complexity index is 1810. The summed E-state index contributed by atoms with van der Waals surface area (Å²) in [6, 6.07) is 13.4. The van der Waals surface area contributed by atoms with Gasteiger partial charge in [-0.15, -0.1) is 16.4 Å². The molecule has 0 saturated heterocycles. The van der Waals surface area contributed by atoms with Gasteiger partial charge in [-0.1, -0.05) is 43.2 Å². The summed E-state index contributed by atoms with van der Waals surface area (Å²) >= 11 is 1.43. The van der Waals surface area contributed by atoms with Crippen LogP contribution >= 0.6 is 11.3 Å². The van der Waals surface area contributed by atoms with Crippen LogP contribution in [0.2, 0.25) is 0 Å². The number of hydrogen-bond acceptors (Lipinski definition) is 8. The number of nitrogens with two attached hydrogens (primary N) is 2. The van der Waals surface area contributed by atoms with Crippen LogP contribution in [0.4, 0.5) is 11.6 Å². The highest BCUT2D eigenvalue weighted by Gasteiger charge is 2.20. The third-order valence-electron chi connectivity index (χ3n) is 5.87. The fourth-order valence-corrected chi connectivity index (χ4v) is 4.91. The molecule has 5 N–H and O–H groups in total. The lowest BCUT2D eigenvalue weighted by molar-refractivity contribution is 0.100. The second-order valence-electron chi connectivity index (χ2n) is 8.37. The number of rotatable bonds is 3. The quantitative estimate of drug-likeness (QED) is 0.300. The van der Waals surface area contributed by atoms with Crippen molar-refractivity contribution in [3.05, 3.63) is 99.2 Å². The number of nitrogen functional groups attached to an aromatic ring is 1. The molecule has 0 unspecified atom stereocenters. The third-order valence-corrected chi connectivity index (χ3v) is 6.70. The molecule has 0 fully saturated rings. The predicted molar refractivity (Wildman–Crippen MR) is 153 cm³/mol. The number of anilines is 2. The summed E-state index contributed by atoms with van der Waals surface area (Å²) in [4.78, 5) is 33.6. The van der Waals surface area contributed by atoms with E-state index in [1.807, 2.05) is 60.8 Å². The average molecular weight is 537 g/mol. The number of amides is 1. The van der Waals surface area contributed by atoms with Crippen molar-refractivity contribution in [2.24, 2.45) is 5.73 Å². The Morgan fingerprint density at radius 3 is 2.64 bits per heavy atom. The molecule has 1 aliphatic heterocycles. The van der Waals surface area contributed by atoms with E-state index in [2.05, 4.69) is 27.2 Å². The fraction of sp³-hybridized carbons (Fsp3) is 0.107. The van der Waals surface area contributed by atoms with Crippen LogP contribution in [0.5, 0.6) is 0 Å². The van der Waals surface area contributed by atoms with Gasteiger partial charge in [0.1, 0.15) is 17.1 Å². The lowest BCUT2D eigenvalue weighted by Crippen LogP contribution is -2.19. The molecular formula is C28H24N8O2S. The second-order valence-corrected chi connectivity index (χ2v) is 9.20. The van der Waals surface area contributed by atoms with Gasteiger partial charge in [-0.25, -0.2) is 14.1 Å². The number of carbonyl (C=O) groups excluding carboxylic acids is 1. The molecule has 4 aromatic heterocycles. The van der Waals surface area contributed by atoms with Crippen molar-refractivity contribution >= 4 is 40.0 Å². The molecule has 5 heterocycles. The van der Waals surface area contributed by atoms with E-state index in [1.54, 1.807) is 23.0 Å². The van der Waals surface area contributed by atoms with Gasteiger partial charge < -0.3 is 16.8 Å². The minimum atomic E-state index is -0.568. The van der Waals surface area contributed by atoms with E-state index in [1.165, 1.54) is 16.0 Å². The number of primary amides is 1. The van der Waals surface area contributed by atoms with E-state index in [4.69, 9.17) is 16.5 Å². The minimum absolute atomic E-state index is 0.0710. The normalized spacial score (nSPS) is 11.5. The van der Waals surface area contributed by atoms with Gasteiger partial charge in [0.05, 0.1) is 11.3 Å². The number of nitrogens with one attached hydrogen (secondary N) is 1. The highest BCUT2D eigenvalue weighted by Crippen LogP contribution is 2.24. The van der Waals surface area contributed by atoms with Crippen LogP contribution in [0, 0.1) is 11.8 Å². The fourth-order valence-electron chi connectivity index (χ4n) is 4.08. The molecular weight excluding hydrogens is 512 g/mol. The van der Waals surface area contributed by atoms with Crippen LogP contribution in [0.25, 0.3) is 22.3 Å². The molecule has 0 radical (unpaired) electrons. The highest BCUT2D eigenvalue weighted by atomic mass is 32.1. The summed E-state index contributed by atoms with van der Waals surface area (Å²) in [6.45, 7) is 2.66. The van der Waals surface area contributed by atoms with E-state index in [0.29, 0.717) is 35.0 Å². The number of pyridine rings is 1. The Morgan fingerprint density at radius 2 is 1.92 bits per heavy atom. The second kappa shape index (κ2) is 11.0. The first-order valence-electron chi connectivity index (χ1n) is 12.1. The number of carbonyl (C=O) groups is 1. The molecule has 1 aromatic carbocycles. The number of thiazole rings is 1. The maximum Gasteiger partial charge on any atom is 0.267 e. The maximum absolute atomic E-state index is 13.3. The lowest BCUT2D eigenvalue weighted by atomic mass is 10.0. The van der Waals surface area contributed by atoms with Gasteiger partial charge in [-0.05, 0) is 36.1 Å². The number of benzene rings is 1. The Labute approximate surface area is 227 Å². The van der Waals surface area contributed by atoms with Crippen LogP contribution in [-0.4, -0.2) is 36.6 Å². The van der Waals surface area contributed by atoms with Crippen molar-refractivity contribution in [2.75, 3.05) is 17.6 Å². The molecule has 194 valence electrons. The molecule has 1 aliphatic rings. The van der Waals surface area contributed by atoms with Crippen molar-refractivity contribution in [3.63, 3.8) is 0 Å². The number of aryl methyl sites for hydroxylation is 1. The summed E-state index contributed by atoms with van der Waals surface area (Å²) in [6.07, 6.45) is 7.69. The van der Waals surface area contributed by atoms with Gasteiger partial charge in [-0.2, -0.15) is 0 Å². The summed E-state index contributed by atoms with van der Waals surface area (Å²) in [7, 11) is 0. The van der Waals surface area contributed by atoms with Crippen molar-refractivity contribution in [1.29, 1.82) is 0 Å². The summed E-state index contributed by atoms with van der Waals surface area (Å²) < 4.78 is 3.11. The molecule has 0 spiro atoms. The van der Waals surface area contributed by atoms with E-state index < -0.39 is 5.91 Å². The Morgan fingerprint density at radius 1 is 1.15 bits per heavy atom. The molecule has 0 saturated carbocycles. The van der Waals surface area contributed by atoms with E-state index in [-0.39, 0.29) is 16.9 Å². The van der Waals surface area contributed by atoms with Crippen molar-refractivity contribution in [3.8, 4) is 23.0 Å². The SMILES string of the molecule is CCc1nc2scc(C#Cc3ccncc3)n2c(=O)c1-c1ccccc1.NC(=O)c1c(N)nn2c1NCC=C2. The number of nitrogens with zero attached hydrogens (tertiary/aromatic N) is 5. The molecule has 39 heavy (non-hydrogen) atoms. The van der Waals surface area contributed by atoms with E-state index >= 15 is 0 Å². The molecule has 6 rings (SSSR count). The molecule has 11 heteroatoms. The zero-order valence-corrected chi connectivity index (χ0v) is 21.8. The van der Waals surface area contributed by atoms with Crippen LogP contribution in [0.15, 0.2) is 71.1 Å². The predicted octanol–water partition coefficient (Wildman–Crippen LogP) is 3.24. The van der Waals surface area contributed by atoms with Gasteiger partial charge >= 0.3 is 0 Å². The first-order chi connectivity index (χ1) is 19.0. The van der Waals surface area contributed by atoms with Gasteiger partial charge in [-0.3, -0.25) is 14.6 Å². The lowest BCUT2D eigenvalue weighted by Gasteiger charge is -2.09. The van der Waals surface area contributed by atoms with E-state index in [9.17, 15) is 9.59 Å². The topological polar surface area (TPSA) is 146 Å². The van der Waals surface area contributed by atoms with Gasteiger partial charge in [0, 0.05) is 36.1 Å². The molecule has 1 amide bonds. The van der Waals surface area contributed by atoms with Crippen molar-refractivity contribution in [2.45, 2.75) is 13.3 Å².